The van der Waals surface area contributed by atoms with Gasteiger partial charge in [-0.2, -0.15) is 0 Å². The average molecular weight is 319 g/mol. The van der Waals surface area contributed by atoms with Crippen LogP contribution in [0.1, 0.15) is 20.3 Å². The molecule has 22 heavy (non-hydrogen) atoms. The molecule has 1 heterocycles. The van der Waals surface area contributed by atoms with Crippen LogP contribution in [0.5, 0.6) is 0 Å². The maximum absolute atomic E-state index is 10.5. The van der Waals surface area contributed by atoms with Gasteiger partial charge in [-0.25, -0.2) is 0 Å². The number of hydrogen-bond donors (Lipinski definition) is 0. The molecule has 118 valence electrons. The zero-order valence-electron chi connectivity index (χ0n) is 12.1. The van der Waals surface area contributed by atoms with Gasteiger partial charge in [-0.3, -0.25) is 9.21 Å². The van der Waals surface area contributed by atoms with Gasteiger partial charge in [0, 0.05) is 31.8 Å². The second-order valence-electron chi connectivity index (χ2n) is 4.87. The minimum absolute atomic E-state index is 0. The first-order valence-electron chi connectivity index (χ1n) is 6.98. The molecule has 0 unspecified atom stereocenters. The number of anilines is 2. The van der Waals surface area contributed by atoms with Gasteiger partial charge in [-0.05, 0) is 30.7 Å². The van der Waals surface area contributed by atoms with Crippen LogP contribution in [-0.2, 0) is 4.79 Å². The molecule has 3 rings (SSSR count). The van der Waals surface area contributed by atoms with Gasteiger partial charge < -0.3 is 4.90 Å². The Morgan fingerprint density at radius 3 is 1.68 bits per heavy atom. The molecule has 0 aromatic heterocycles. The van der Waals surface area contributed by atoms with E-state index in [0.29, 0.717) is 5.91 Å². The van der Waals surface area contributed by atoms with Crippen LogP contribution in [0.3, 0.4) is 0 Å². The molecule has 1 aliphatic rings. The van der Waals surface area contributed by atoms with E-state index in [-0.39, 0.29) is 7.43 Å². The van der Waals surface area contributed by atoms with Crippen molar-refractivity contribution in [2.45, 2.75) is 20.3 Å². The van der Waals surface area contributed by atoms with E-state index in [1.54, 1.807) is 9.32 Å². The Morgan fingerprint density at radius 2 is 1.41 bits per heavy atom. The summed E-state index contributed by atoms with van der Waals surface area (Å²) in [6.45, 7) is 0.957. The molecule has 1 saturated heterocycles. The summed E-state index contributed by atoms with van der Waals surface area (Å²) in [7, 11) is 1.84. The lowest BCUT2D eigenvalue weighted by molar-refractivity contribution is -0.126. The van der Waals surface area contributed by atoms with Gasteiger partial charge in [-0.1, -0.05) is 43.8 Å². The number of hydrogen-bond acceptors (Lipinski definition) is 2. The van der Waals surface area contributed by atoms with E-state index in [2.05, 4.69) is 0 Å². The maximum atomic E-state index is 10.5. The van der Waals surface area contributed by atoms with Crippen LogP contribution in [0.2, 0.25) is 0 Å². The third-order valence-corrected chi connectivity index (χ3v) is 3.67. The Bertz CT molecular complexity index is 520. The Hall–Kier alpha value is -2.00. The lowest BCUT2D eigenvalue weighted by Crippen LogP contribution is -2.17. The highest BCUT2D eigenvalue weighted by atomic mass is 35.5. The van der Waals surface area contributed by atoms with Crippen molar-refractivity contribution >= 4 is 29.1 Å². The summed E-state index contributed by atoms with van der Waals surface area (Å²) in [5.41, 5.74) is 1.95. The Labute approximate surface area is 138 Å². The van der Waals surface area contributed by atoms with E-state index >= 15 is 0 Å². The minimum Gasteiger partial charge on any atom is -0.346 e. The van der Waals surface area contributed by atoms with Gasteiger partial charge in [-0.15, -0.1) is 0 Å². The van der Waals surface area contributed by atoms with E-state index in [0.717, 1.165) is 30.8 Å². The number of para-hydroxylation sites is 2. The van der Waals surface area contributed by atoms with Crippen LogP contribution in [0.25, 0.3) is 0 Å². The summed E-state index contributed by atoms with van der Waals surface area (Å²) >= 11 is 6.16. The highest BCUT2D eigenvalue weighted by Crippen LogP contribution is 2.26. The molecule has 1 aliphatic heterocycles. The van der Waals surface area contributed by atoms with E-state index in [9.17, 15) is 4.79 Å². The van der Waals surface area contributed by atoms with Crippen molar-refractivity contribution in [2.24, 2.45) is 0 Å². The van der Waals surface area contributed by atoms with E-state index in [1.807, 2.05) is 67.7 Å². The lowest BCUT2D eigenvalue weighted by atomic mass is 10.3. The van der Waals surface area contributed by atoms with Crippen LogP contribution in [-0.4, -0.2) is 24.4 Å². The van der Waals surface area contributed by atoms with Crippen LogP contribution >= 0.6 is 11.8 Å². The average Bonchev–Trinajstić information content (AvgIpc) is 2.92. The summed E-state index contributed by atoms with van der Waals surface area (Å²) < 4.78 is 1.64. The number of nitrogens with zero attached hydrogens (tertiary/aromatic N) is 2. The third-order valence-electron chi connectivity index (χ3n) is 3.28. The molecule has 0 spiro atoms. The molecule has 2 aromatic rings. The Morgan fingerprint density at radius 1 is 0.955 bits per heavy atom. The summed E-state index contributed by atoms with van der Waals surface area (Å²) in [4.78, 5) is 12.3. The molecular weight excluding hydrogens is 296 g/mol. The molecule has 1 fully saturated rings. The van der Waals surface area contributed by atoms with E-state index < -0.39 is 0 Å². The summed E-state index contributed by atoms with van der Waals surface area (Å²) in [6, 6.07) is 19.7. The molecule has 0 N–H and O–H groups in total. The number of halogens is 1. The maximum Gasteiger partial charge on any atom is 0.222 e. The second kappa shape index (κ2) is 9.11. The first kappa shape index (κ1) is 18.1. The normalized spacial score (nSPS) is 13.0. The number of rotatable bonds is 2. The fourth-order valence-electron chi connectivity index (χ4n) is 2.05. The van der Waals surface area contributed by atoms with Crippen molar-refractivity contribution in [1.82, 2.24) is 4.90 Å². The predicted molar refractivity (Wildman–Crippen MR) is 94.5 cm³/mol. The van der Waals surface area contributed by atoms with Gasteiger partial charge in [0.15, 0.2) is 0 Å². The topological polar surface area (TPSA) is 23.6 Å². The summed E-state index contributed by atoms with van der Waals surface area (Å²) in [5.74, 6) is 0.292. The first-order valence-corrected chi connectivity index (χ1v) is 7.32. The second-order valence-corrected chi connectivity index (χ2v) is 5.21. The largest absolute Gasteiger partial charge is 0.346 e. The van der Waals surface area contributed by atoms with Gasteiger partial charge in [0.25, 0.3) is 0 Å². The standard InChI is InChI=1S/C12H10ClN.C5H9NO.CH4/c13-14(11-7-3-1-4-8-11)12-9-5-2-6-10-12;1-6-4-2-3-5(6)7;/h1-10H;2-4H2,1H3;1H4. The molecule has 1 amide bonds. The fraction of sp³-hybridized carbons (Fsp3) is 0.278. The van der Waals surface area contributed by atoms with Gasteiger partial charge in [0.2, 0.25) is 5.91 Å². The number of carbonyl (C=O) groups is 1. The summed E-state index contributed by atoms with van der Waals surface area (Å²) in [5, 5.41) is 0. The Kier molecular flexibility index (Phi) is 7.47. The molecule has 0 bridgehead atoms. The van der Waals surface area contributed by atoms with Crippen molar-refractivity contribution in [3.8, 4) is 0 Å². The zero-order valence-corrected chi connectivity index (χ0v) is 12.8. The number of benzene rings is 2. The molecule has 4 heteroatoms. The van der Waals surface area contributed by atoms with Gasteiger partial charge >= 0.3 is 0 Å². The predicted octanol–water partition coefficient (Wildman–Crippen LogP) is 4.85. The highest BCUT2D eigenvalue weighted by Gasteiger charge is 2.14. The Balaban J connectivity index is 0.000000258. The molecule has 2 aromatic carbocycles. The monoisotopic (exact) mass is 318 g/mol. The molecule has 0 aliphatic carbocycles. The van der Waals surface area contributed by atoms with Crippen LogP contribution in [0.15, 0.2) is 60.7 Å². The minimum atomic E-state index is 0. The fourth-order valence-corrected chi connectivity index (χ4v) is 2.28. The van der Waals surface area contributed by atoms with Crippen molar-refractivity contribution in [1.29, 1.82) is 0 Å². The first-order chi connectivity index (χ1) is 10.2. The zero-order chi connectivity index (χ0) is 15.1. The lowest BCUT2D eigenvalue weighted by Gasteiger charge is -2.15. The number of carbonyl (C=O) groups excluding carboxylic acids is 1. The number of likely N-dealkylation sites (tertiary alicyclic amines) is 1. The van der Waals surface area contributed by atoms with Crippen LogP contribution in [0, 0.1) is 0 Å². The van der Waals surface area contributed by atoms with Gasteiger partial charge in [0.05, 0.1) is 11.4 Å². The SMILES string of the molecule is C.CN1CCCC1=O.ClN(c1ccccc1)c1ccccc1. The molecule has 0 atom stereocenters. The van der Waals surface area contributed by atoms with Crippen LogP contribution in [0.4, 0.5) is 11.4 Å². The third kappa shape index (κ3) is 5.08. The van der Waals surface area contributed by atoms with E-state index in [1.165, 1.54) is 0 Å². The smallest absolute Gasteiger partial charge is 0.222 e. The molecule has 0 saturated carbocycles. The quantitative estimate of drug-likeness (QED) is 0.739. The van der Waals surface area contributed by atoms with Crippen LogP contribution < -0.4 is 4.42 Å². The van der Waals surface area contributed by atoms with Crippen molar-refractivity contribution in [2.75, 3.05) is 18.0 Å². The molecular formula is C18H23ClN2O. The van der Waals surface area contributed by atoms with Crippen molar-refractivity contribution in [3.05, 3.63) is 60.7 Å². The molecule has 0 radical (unpaired) electrons. The van der Waals surface area contributed by atoms with E-state index in [4.69, 9.17) is 11.8 Å². The van der Waals surface area contributed by atoms with Crippen molar-refractivity contribution in [3.63, 3.8) is 0 Å². The highest BCUT2D eigenvalue weighted by molar-refractivity contribution is 6.29. The summed E-state index contributed by atoms with van der Waals surface area (Å²) in [6.07, 6.45) is 1.81. The van der Waals surface area contributed by atoms with Gasteiger partial charge in [0.1, 0.15) is 0 Å². The molecule has 3 nitrogen and oxygen atoms in total. The van der Waals surface area contributed by atoms with Crippen molar-refractivity contribution < 1.29 is 4.79 Å². The number of amides is 1.